The Bertz CT molecular complexity index is 1100. The summed E-state index contributed by atoms with van der Waals surface area (Å²) in [4.78, 5) is 29.5. The quantitative estimate of drug-likeness (QED) is 0.578. The van der Waals surface area contributed by atoms with E-state index in [2.05, 4.69) is 0 Å². The van der Waals surface area contributed by atoms with Gasteiger partial charge in [-0.25, -0.2) is 4.79 Å². The van der Waals surface area contributed by atoms with Crippen molar-refractivity contribution in [2.75, 3.05) is 26.3 Å². The second kappa shape index (κ2) is 8.53. The van der Waals surface area contributed by atoms with Crippen molar-refractivity contribution in [1.29, 1.82) is 0 Å². The molecule has 158 valence electrons. The van der Waals surface area contributed by atoms with Crippen LogP contribution >= 0.6 is 11.3 Å². The van der Waals surface area contributed by atoms with Gasteiger partial charge in [0.1, 0.15) is 17.2 Å². The maximum Gasteiger partial charge on any atom is 0.349 e. The van der Waals surface area contributed by atoms with E-state index in [-0.39, 0.29) is 5.91 Å². The Balaban J connectivity index is 1.42. The van der Waals surface area contributed by atoms with Crippen LogP contribution in [0.2, 0.25) is 0 Å². The van der Waals surface area contributed by atoms with E-state index in [1.807, 2.05) is 42.5 Å². The number of benzene rings is 2. The zero-order chi connectivity index (χ0) is 21.2. The van der Waals surface area contributed by atoms with Crippen LogP contribution in [-0.2, 0) is 20.9 Å². The molecule has 3 heterocycles. The number of ether oxygens (including phenoxy) is 3. The van der Waals surface area contributed by atoms with E-state index in [0.29, 0.717) is 43.4 Å². The standard InChI is InChI=1S/C24H21NO5S/c26-23(25-10-12-28-13-11-25)21(16-6-2-1-3-7-16)30-24(27)20-14-17-15-29-19-9-5-4-8-18(19)22(17)31-20/h1-9,14,21H,10-13,15H2. The molecule has 2 aromatic carbocycles. The number of hydrogen-bond donors (Lipinski definition) is 0. The molecule has 1 saturated heterocycles. The smallest absolute Gasteiger partial charge is 0.349 e. The van der Waals surface area contributed by atoms with E-state index in [1.54, 1.807) is 23.1 Å². The Labute approximate surface area is 184 Å². The summed E-state index contributed by atoms with van der Waals surface area (Å²) < 4.78 is 16.9. The molecule has 5 rings (SSSR count). The summed E-state index contributed by atoms with van der Waals surface area (Å²) in [7, 11) is 0. The summed E-state index contributed by atoms with van der Waals surface area (Å²) in [6.07, 6.45) is -0.991. The Morgan fingerprint density at radius 2 is 1.74 bits per heavy atom. The van der Waals surface area contributed by atoms with E-state index in [4.69, 9.17) is 14.2 Å². The Morgan fingerprint density at radius 1 is 1.00 bits per heavy atom. The summed E-state index contributed by atoms with van der Waals surface area (Å²) in [5.74, 6) is 0.0756. The molecule has 0 spiro atoms. The van der Waals surface area contributed by atoms with E-state index >= 15 is 0 Å². The van der Waals surface area contributed by atoms with Crippen molar-refractivity contribution in [3.8, 4) is 16.2 Å². The summed E-state index contributed by atoms with van der Waals surface area (Å²) in [6.45, 7) is 2.35. The van der Waals surface area contributed by atoms with Gasteiger partial charge in [0.15, 0.2) is 0 Å². The number of morpholine rings is 1. The summed E-state index contributed by atoms with van der Waals surface area (Å²) >= 11 is 1.37. The topological polar surface area (TPSA) is 65.1 Å². The van der Waals surface area contributed by atoms with Crippen molar-refractivity contribution in [3.05, 3.63) is 76.7 Å². The van der Waals surface area contributed by atoms with Gasteiger partial charge in [0.2, 0.25) is 6.10 Å². The van der Waals surface area contributed by atoms with Crippen LogP contribution < -0.4 is 4.74 Å². The Kier molecular flexibility index (Phi) is 5.44. The van der Waals surface area contributed by atoms with Gasteiger partial charge in [-0.05, 0) is 18.2 Å². The fourth-order valence-corrected chi connectivity index (χ4v) is 4.88. The van der Waals surface area contributed by atoms with Gasteiger partial charge in [0, 0.05) is 34.7 Å². The molecular weight excluding hydrogens is 414 g/mol. The van der Waals surface area contributed by atoms with E-state index in [9.17, 15) is 9.59 Å². The molecule has 1 amide bonds. The number of hydrogen-bond acceptors (Lipinski definition) is 6. The van der Waals surface area contributed by atoms with E-state index < -0.39 is 12.1 Å². The second-order valence-electron chi connectivity index (χ2n) is 7.38. The lowest BCUT2D eigenvalue weighted by atomic mass is 10.1. The molecule has 2 aliphatic heterocycles. The first kappa shape index (κ1) is 19.8. The molecule has 0 radical (unpaired) electrons. The summed E-state index contributed by atoms with van der Waals surface area (Å²) in [6, 6.07) is 18.7. The maximum absolute atomic E-state index is 13.2. The van der Waals surface area contributed by atoms with Gasteiger partial charge in [-0.1, -0.05) is 42.5 Å². The average molecular weight is 436 g/mol. The highest BCUT2D eigenvalue weighted by atomic mass is 32.1. The van der Waals surface area contributed by atoms with Gasteiger partial charge in [-0.3, -0.25) is 4.79 Å². The lowest BCUT2D eigenvalue weighted by Crippen LogP contribution is -2.44. The summed E-state index contributed by atoms with van der Waals surface area (Å²) in [5.41, 5.74) is 2.57. The number of esters is 1. The van der Waals surface area contributed by atoms with Crippen LogP contribution in [0, 0.1) is 0 Å². The lowest BCUT2D eigenvalue weighted by molar-refractivity contribution is -0.145. The molecule has 7 heteroatoms. The number of rotatable bonds is 4. The van der Waals surface area contributed by atoms with Crippen LogP contribution in [0.25, 0.3) is 10.4 Å². The molecule has 1 unspecified atom stereocenters. The molecule has 0 aliphatic carbocycles. The van der Waals surface area contributed by atoms with Crippen LogP contribution in [0.4, 0.5) is 0 Å². The van der Waals surface area contributed by atoms with Crippen LogP contribution in [0.5, 0.6) is 5.75 Å². The molecule has 0 bridgehead atoms. The first-order valence-corrected chi connectivity index (χ1v) is 11.0. The number of amides is 1. The normalized spacial score (nSPS) is 15.9. The average Bonchev–Trinajstić information content (AvgIpc) is 3.28. The molecule has 6 nitrogen and oxygen atoms in total. The molecule has 1 atom stereocenters. The highest BCUT2D eigenvalue weighted by Gasteiger charge is 2.32. The fourth-order valence-electron chi connectivity index (χ4n) is 3.80. The molecule has 31 heavy (non-hydrogen) atoms. The number of carbonyl (C=O) groups is 2. The van der Waals surface area contributed by atoms with Gasteiger partial charge in [0.05, 0.1) is 13.2 Å². The molecule has 0 saturated carbocycles. The first-order chi connectivity index (χ1) is 15.2. The van der Waals surface area contributed by atoms with Crippen molar-refractivity contribution in [2.24, 2.45) is 0 Å². The number of carbonyl (C=O) groups excluding carboxylic acids is 2. The van der Waals surface area contributed by atoms with Crippen molar-refractivity contribution < 1.29 is 23.8 Å². The largest absolute Gasteiger partial charge is 0.488 e. The Morgan fingerprint density at radius 3 is 2.55 bits per heavy atom. The minimum atomic E-state index is -0.991. The SMILES string of the molecule is O=C(OC(C(=O)N1CCOCC1)c1ccccc1)c1cc2c(s1)-c1ccccc1OC2. The van der Waals surface area contributed by atoms with Crippen molar-refractivity contribution in [2.45, 2.75) is 12.7 Å². The van der Waals surface area contributed by atoms with Crippen LogP contribution in [-0.4, -0.2) is 43.1 Å². The maximum atomic E-state index is 13.2. The third-order valence-electron chi connectivity index (χ3n) is 5.40. The predicted molar refractivity (Wildman–Crippen MR) is 116 cm³/mol. The molecule has 1 aromatic heterocycles. The number of thiophene rings is 1. The van der Waals surface area contributed by atoms with Crippen LogP contribution in [0.15, 0.2) is 60.7 Å². The lowest BCUT2D eigenvalue weighted by Gasteiger charge is -2.30. The molecule has 0 N–H and O–H groups in total. The molecular formula is C24H21NO5S. The van der Waals surface area contributed by atoms with Gasteiger partial charge >= 0.3 is 5.97 Å². The number of para-hydroxylation sites is 1. The van der Waals surface area contributed by atoms with Gasteiger partial charge in [0.25, 0.3) is 5.91 Å². The second-order valence-corrected chi connectivity index (χ2v) is 8.44. The summed E-state index contributed by atoms with van der Waals surface area (Å²) in [5, 5.41) is 0. The first-order valence-electron chi connectivity index (χ1n) is 10.2. The van der Waals surface area contributed by atoms with Gasteiger partial charge in [-0.2, -0.15) is 0 Å². The van der Waals surface area contributed by atoms with Crippen molar-refractivity contribution in [1.82, 2.24) is 4.90 Å². The van der Waals surface area contributed by atoms with E-state index in [0.717, 1.165) is 21.8 Å². The third kappa shape index (κ3) is 3.94. The van der Waals surface area contributed by atoms with Crippen molar-refractivity contribution >= 4 is 23.2 Å². The van der Waals surface area contributed by atoms with E-state index in [1.165, 1.54) is 11.3 Å². The molecule has 1 fully saturated rings. The van der Waals surface area contributed by atoms with Crippen LogP contribution in [0.1, 0.15) is 26.9 Å². The molecule has 3 aromatic rings. The van der Waals surface area contributed by atoms with Gasteiger partial charge < -0.3 is 19.1 Å². The number of nitrogens with zero attached hydrogens (tertiary/aromatic N) is 1. The monoisotopic (exact) mass is 435 g/mol. The minimum absolute atomic E-state index is 0.224. The highest BCUT2D eigenvalue weighted by molar-refractivity contribution is 7.17. The number of fused-ring (bicyclic) bond motifs is 3. The van der Waals surface area contributed by atoms with Crippen molar-refractivity contribution in [3.63, 3.8) is 0 Å². The zero-order valence-corrected chi connectivity index (χ0v) is 17.6. The zero-order valence-electron chi connectivity index (χ0n) is 16.8. The highest BCUT2D eigenvalue weighted by Crippen LogP contribution is 2.42. The van der Waals surface area contributed by atoms with Crippen LogP contribution in [0.3, 0.4) is 0 Å². The third-order valence-corrected chi connectivity index (χ3v) is 6.59. The Hall–Kier alpha value is -3.16. The van der Waals surface area contributed by atoms with Gasteiger partial charge in [-0.15, -0.1) is 11.3 Å². The predicted octanol–water partition coefficient (Wildman–Crippen LogP) is 4.06. The molecule has 2 aliphatic rings. The fraction of sp³-hybridized carbons (Fsp3) is 0.250. The minimum Gasteiger partial charge on any atom is -0.488 e.